The van der Waals surface area contributed by atoms with Crippen LogP contribution in [0.5, 0.6) is 0 Å². The Morgan fingerprint density at radius 1 is 1.16 bits per heavy atom. The van der Waals surface area contributed by atoms with Gasteiger partial charge in [-0.3, -0.25) is 4.98 Å². The van der Waals surface area contributed by atoms with Gasteiger partial charge in [-0.15, -0.1) is 0 Å². The van der Waals surface area contributed by atoms with Crippen LogP contribution < -0.4 is 5.32 Å². The predicted octanol–water partition coefficient (Wildman–Crippen LogP) is 2.92. The van der Waals surface area contributed by atoms with Crippen LogP contribution in [0.1, 0.15) is 34.7 Å². The molecule has 2 aromatic rings. The van der Waals surface area contributed by atoms with Gasteiger partial charge in [-0.25, -0.2) is 0 Å². The number of pyridine rings is 1. The number of benzene rings is 1. The molecule has 1 aliphatic carbocycles. The number of fused-ring (bicyclic) bond motifs is 1. The third kappa shape index (κ3) is 2.54. The fraction of sp³-hybridized carbons (Fsp3) is 0.353. The third-order valence-corrected chi connectivity index (χ3v) is 3.98. The van der Waals surface area contributed by atoms with Gasteiger partial charge >= 0.3 is 0 Å². The molecule has 1 heterocycles. The lowest BCUT2D eigenvalue weighted by atomic mass is 9.92. The number of nitrogens with zero attached hydrogens (tertiary/aromatic N) is 1. The standard InChI is InChI=1S/C17H20N2/c1-18-12-16(17-7-2-3-10-19-17)15-9-8-13-5-4-6-14(13)11-15/h2-3,7-11,16,18H,4-6,12H2,1H3. The first-order valence-electron chi connectivity index (χ1n) is 7.05. The molecule has 19 heavy (non-hydrogen) atoms. The Morgan fingerprint density at radius 2 is 2.05 bits per heavy atom. The van der Waals surface area contributed by atoms with Crippen molar-refractivity contribution in [2.45, 2.75) is 25.2 Å². The highest BCUT2D eigenvalue weighted by Gasteiger charge is 2.17. The van der Waals surface area contributed by atoms with Crippen molar-refractivity contribution >= 4 is 0 Å². The molecule has 1 unspecified atom stereocenters. The maximum absolute atomic E-state index is 4.53. The van der Waals surface area contributed by atoms with Crippen LogP contribution in [0.3, 0.4) is 0 Å². The van der Waals surface area contributed by atoms with Crippen molar-refractivity contribution in [1.29, 1.82) is 0 Å². The van der Waals surface area contributed by atoms with Crippen LogP contribution >= 0.6 is 0 Å². The normalized spacial score (nSPS) is 15.2. The van der Waals surface area contributed by atoms with E-state index in [9.17, 15) is 0 Å². The largest absolute Gasteiger partial charge is 0.319 e. The van der Waals surface area contributed by atoms with Gasteiger partial charge in [-0.1, -0.05) is 24.3 Å². The molecule has 0 radical (unpaired) electrons. The molecule has 0 fully saturated rings. The summed E-state index contributed by atoms with van der Waals surface area (Å²) in [4.78, 5) is 4.53. The zero-order chi connectivity index (χ0) is 13.1. The molecule has 0 saturated heterocycles. The Kier molecular flexibility index (Phi) is 3.60. The highest BCUT2D eigenvalue weighted by molar-refractivity contribution is 5.39. The minimum absolute atomic E-state index is 0.345. The number of nitrogens with one attached hydrogen (secondary N) is 1. The number of likely N-dealkylation sites (N-methyl/N-ethyl adjacent to an activating group) is 1. The summed E-state index contributed by atoms with van der Waals surface area (Å²) in [5, 5.41) is 3.29. The molecule has 98 valence electrons. The van der Waals surface area contributed by atoms with E-state index < -0.39 is 0 Å². The van der Waals surface area contributed by atoms with Crippen molar-refractivity contribution in [3.05, 3.63) is 65.0 Å². The monoisotopic (exact) mass is 252 g/mol. The summed E-state index contributed by atoms with van der Waals surface area (Å²) in [7, 11) is 2.00. The van der Waals surface area contributed by atoms with Crippen molar-refractivity contribution in [1.82, 2.24) is 10.3 Å². The van der Waals surface area contributed by atoms with Crippen molar-refractivity contribution < 1.29 is 0 Å². The number of hydrogen-bond acceptors (Lipinski definition) is 2. The van der Waals surface area contributed by atoms with Crippen LogP contribution in [-0.4, -0.2) is 18.6 Å². The molecular weight excluding hydrogens is 232 g/mol. The second-order valence-corrected chi connectivity index (χ2v) is 5.25. The smallest absolute Gasteiger partial charge is 0.0491 e. The Labute approximate surface area is 114 Å². The molecule has 3 rings (SSSR count). The Bertz CT molecular complexity index is 548. The van der Waals surface area contributed by atoms with Gasteiger partial charge in [-0.05, 0) is 55.1 Å². The van der Waals surface area contributed by atoms with Crippen LogP contribution in [0.25, 0.3) is 0 Å². The predicted molar refractivity (Wildman–Crippen MR) is 78.5 cm³/mol. The van der Waals surface area contributed by atoms with Gasteiger partial charge < -0.3 is 5.32 Å². The summed E-state index contributed by atoms with van der Waals surface area (Å²) in [6, 6.07) is 13.1. The zero-order valence-electron chi connectivity index (χ0n) is 11.4. The van der Waals surface area contributed by atoms with Gasteiger partial charge in [0, 0.05) is 24.4 Å². The number of aryl methyl sites for hydroxylation is 2. The quantitative estimate of drug-likeness (QED) is 0.905. The highest BCUT2D eigenvalue weighted by atomic mass is 14.8. The molecular formula is C17H20N2. The van der Waals surface area contributed by atoms with Gasteiger partial charge in [0.25, 0.3) is 0 Å². The minimum Gasteiger partial charge on any atom is -0.319 e. The maximum Gasteiger partial charge on any atom is 0.0491 e. The van der Waals surface area contributed by atoms with E-state index in [1.807, 2.05) is 19.3 Å². The second kappa shape index (κ2) is 5.54. The second-order valence-electron chi connectivity index (χ2n) is 5.25. The summed E-state index contributed by atoms with van der Waals surface area (Å²) in [6.45, 7) is 0.926. The third-order valence-electron chi connectivity index (χ3n) is 3.98. The SMILES string of the molecule is CNCC(c1ccc2c(c1)CCC2)c1ccccn1. The molecule has 0 saturated carbocycles. The molecule has 1 atom stereocenters. The van der Waals surface area contributed by atoms with Crippen molar-refractivity contribution in [2.24, 2.45) is 0 Å². The topological polar surface area (TPSA) is 24.9 Å². The van der Waals surface area contributed by atoms with Gasteiger partial charge in [0.05, 0.1) is 0 Å². The maximum atomic E-state index is 4.53. The lowest BCUT2D eigenvalue weighted by molar-refractivity contribution is 0.691. The average Bonchev–Trinajstić information content (AvgIpc) is 2.93. The highest BCUT2D eigenvalue weighted by Crippen LogP contribution is 2.28. The van der Waals surface area contributed by atoms with E-state index >= 15 is 0 Å². The molecule has 1 aromatic heterocycles. The van der Waals surface area contributed by atoms with Gasteiger partial charge in [-0.2, -0.15) is 0 Å². The number of aromatic nitrogens is 1. The van der Waals surface area contributed by atoms with E-state index in [1.165, 1.54) is 36.0 Å². The summed E-state index contributed by atoms with van der Waals surface area (Å²) >= 11 is 0. The molecule has 0 aliphatic heterocycles. The lowest BCUT2D eigenvalue weighted by Gasteiger charge is -2.17. The molecule has 1 aliphatic rings. The summed E-state index contributed by atoms with van der Waals surface area (Å²) < 4.78 is 0. The Balaban J connectivity index is 1.96. The molecule has 0 spiro atoms. The molecule has 2 heteroatoms. The van der Waals surface area contributed by atoms with E-state index in [0.29, 0.717) is 5.92 Å². The van der Waals surface area contributed by atoms with Crippen molar-refractivity contribution in [2.75, 3.05) is 13.6 Å². The summed E-state index contributed by atoms with van der Waals surface area (Å²) in [5.74, 6) is 0.345. The van der Waals surface area contributed by atoms with E-state index in [2.05, 4.69) is 40.6 Å². The minimum atomic E-state index is 0.345. The first-order chi connectivity index (χ1) is 9.38. The Morgan fingerprint density at radius 3 is 2.84 bits per heavy atom. The van der Waals surface area contributed by atoms with E-state index in [1.54, 1.807) is 0 Å². The molecule has 0 amide bonds. The molecule has 1 N–H and O–H groups in total. The van der Waals surface area contributed by atoms with E-state index in [4.69, 9.17) is 0 Å². The average molecular weight is 252 g/mol. The summed E-state index contributed by atoms with van der Waals surface area (Å²) in [6.07, 6.45) is 5.66. The first-order valence-corrected chi connectivity index (χ1v) is 7.05. The van der Waals surface area contributed by atoms with Crippen LogP contribution in [0.4, 0.5) is 0 Å². The van der Waals surface area contributed by atoms with Crippen LogP contribution in [0, 0.1) is 0 Å². The van der Waals surface area contributed by atoms with Gasteiger partial charge in [0.2, 0.25) is 0 Å². The van der Waals surface area contributed by atoms with Crippen LogP contribution in [0.15, 0.2) is 42.6 Å². The summed E-state index contributed by atoms with van der Waals surface area (Å²) in [5.41, 5.74) is 5.60. The molecule has 2 nitrogen and oxygen atoms in total. The van der Waals surface area contributed by atoms with Gasteiger partial charge in [0.15, 0.2) is 0 Å². The Hall–Kier alpha value is -1.67. The first kappa shape index (κ1) is 12.4. The van der Waals surface area contributed by atoms with E-state index in [0.717, 1.165) is 12.2 Å². The molecule has 1 aromatic carbocycles. The fourth-order valence-electron chi connectivity index (χ4n) is 2.99. The van der Waals surface area contributed by atoms with Crippen molar-refractivity contribution in [3.8, 4) is 0 Å². The zero-order valence-corrected chi connectivity index (χ0v) is 11.4. The number of rotatable bonds is 4. The molecule has 0 bridgehead atoms. The fourth-order valence-corrected chi connectivity index (χ4v) is 2.99. The van der Waals surface area contributed by atoms with Crippen molar-refractivity contribution in [3.63, 3.8) is 0 Å². The van der Waals surface area contributed by atoms with Crippen LogP contribution in [-0.2, 0) is 12.8 Å². The number of hydrogen-bond donors (Lipinski definition) is 1. The lowest BCUT2D eigenvalue weighted by Crippen LogP contribution is -2.19. The van der Waals surface area contributed by atoms with E-state index in [-0.39, 0.29) is 0 Å². The van der Waals surface area contributed by atoms with Gasteiger partial charge in [0.1, 0.15) is 0 Å². The van der Waals surface area contributed by atoms with Crippen LogP contribution in [0.2, 0.25) is 0 Å².